The third kappa shape index (κ3) is 3.25. The van der Waals surface area contributed by atoms with Crippen LogP contribution in [-0.2, 0) is 6.42 Å². The van der Waals surface area contributed by atoms with Crippen molar-refractivity contribution in [2.75, 3.05) is 5.32 Å². The molecule has 110 valence electrons. The van der Waals surface area contributed by atoms with E-state index in [0.29, 0.717) is 11.4 Å². The van der Waals surface area contributed by atoms with E-state index < -0.39 is 10.8 Å². The monoisotopic (exact) mass is 288 g/mol. The van der Waals surface area contributed by atoms with Crippen LogP contribution in [0, 0.1) is 17.0 Å². The third-order valence-electron chi connectivity index (χ3n) is 3.06. The number of carbonyl (C=O) groups is 1. The standard InChI is InChI=1S/C14H16N4O3/c1-3-5-10-8-12(17-16-10)15-14(19)11-7-4-6-9(2)13(11)18(20)21/h4,6-8H,3,5H2,1-2H3,(H2,15,16,17,19). The molecule has 0 radical (unpaired) electrons. The third-order valence-corrected chi connectivity index (χ3v) is 3.06. The van der Waals surface area contributed by atoms with Crippen LogP contribution in [0.4, 0.5) is 11.5 Å². The molecule has 0 aliphatic heterocycles. The van der Waals surface area contributed by atoms with Crippen LogP contribution in [-0.4, -0.2) is 21.0 Å². The molecule has 0 spiro atoms. The summed E-state index contributed by atoms with van der Waals surface area (Å²) in [6.07, 6.45) is 1.78. The summed E-state index contributed by atoms with van der Waals surface area (Å²) >= 11 is 0. The lowest BCUT2D eigenvalue weighted by atomic mass is 10.1. The minimum Gasteiger partial charge on any atom is -0.305 e. The Morgan fingerprint density at radius 3 is 2.90 bits per heavy atom. The van der Waals surface area contributed by atoms with E-state index in [0.717, 1.165) is 18.5 Å². The highest BCUT2D eigenvalue weighted by Crippen LogP contribution is 2.23. The predicted octanol–water partition coefficient (Wildman–Crippen LogP) is 2.83. The largest absolute Gasteiger partial charge is 0.305 e. The smallest absolute Gasteiger partial charge is 0.285 e. The molecule has 0 saturated heterocycles. The lowest BCUT2D eigenvalue weighted by Gasteiger charge is -2.04. The molecule has 1 heterocycles. The fourth-order valence-electron chi connectivity index (χ4n) is 2.09. The molecule has 0 aliphatic carbocycles. The second-order valence-electron chi connectivity index (χ2n) is 4.71. The molecule has 7 heteroatoms. The van der Waals surface area contributed by atoms with Crippen molar-refractivity contribution in [3.05, 3.63) is 51.2 Å². The van der Waals surface area contributed by atoms with Crippen molar-refractivity contribution >= 4 is 17.4 Å². The highest BCUT2D eigenvalue weighted by atomic mass is 16.6. The maximum Gasteiger partial charge on any atom is 0.285 e. The molecule has 1 amide bonds. The summed E-state index contributed by atoms with van der Waals surface area (Å²) in [6, 6.07) is 6.37. The highest BCUT2D eigenvalue weighted by Gasteiger charge is 2.22. The first-order valence-electron chi connectivity index (χ1n) is 6.62. The van der Waals surface area contributed by atoms with E-state index in [-0.39, 0.29) is 11.3 Å². The molecule has 0 aliphatic rings. The van der Waals surface area contributed by atoms with Gasteiger partial charge in [-0.15, -0.1) is 0 Å². The number of nitrogens with zero attached hydrogens (tertiary/aromatic N) is 2. The minimum absolute atomic E-state index is 0.0278. The van der Waals surface area contributed by atoms with Crippen LogP contribution in [0.5, 0.6) is 0 Å². The maximum absolute atomic E-state index is 12.2. The van der Waals surface area contributed by atoms with Gasteiger partial charge < -0.3 is 5.32 Å². The molecule has 7 nitrogen and oxygen atoms in total. The van der Waals surface area contributed by atoms with Gasteiger partial charge in [-0.3, -0.25) is 20.0 Å². The van der Waals surface area contributed by atoms with Gasteiger partial charge in [0.05, 0.1) is 4.92 Å². The molecule has 2 N–H and O–H groups in total. The Morgan fingerprint density at radius 1 is 1.48 bits per heavy atom. The van der Waals surface area contributed by atoms with Crippen molar-refractivity contribution < 1.29 is 9.72 Å². The fourth-order valence-corrected chi connectivity index (χ4v) is 2.09. The van der Waals surface area contributed by atoms with Crippen LogP contribution in [0.2, 0.25) is 0 Å². The summed E-state index contributed by atoms with van der Waals surface area (Å²) in [6.45, 7) is 3.64. The minimum atomic E-state index is -0.544. The van der Waals surface area contributed by atoms with Crippen LogP contribution in [0.25, 0.3) is 0 Å². The number of anilines is 1. The Hall–Kier alpha value is -2.70. The number of hydrogen-bond acceptors (Lipinski definition) is 4. The van der Waals surface area contributed by atoms with Crippen molar-refractivity contribution in [3.63, 3.8) is 0 Å². The topological polar surface area (TPSA) is 101 Å². The van der Waals surface area contributed by atoms with E-state index in [4.69, 9.17) is 0 Å². The van der Waals surface area contributed by atoms with Gasteiger partial charge in [-0.25, -0.2) is 0 Å². The number of nitro groups is 1. The zero-order chi connectivity index (χ0) is 15.4. The van der Waals surface area contributed by atoms with E-state index in [2.05, 4.69) is 15.5 Å². The Bertz CT molecular complexity index is 679. The summed E-state index contributed by atoms with van der Waals surface area (Å²) in [7, 11) is 0. The number of rotatable bonds is 5. The lowest BCUT2D eigenvalue weighted by molar-refractivity contribution is -0.385. The SMILES string of the molecule is CCCc1cc(NC(=O)c2cccc(C)c2[N+](=O)[O-])n[nH]1. The molecule has 0 unspecified atom stereocenters. The fraction of sp³-hybridized carbons (Fsp3) is 0.286. The summed E-state index contributed by atoms with van der Waals surface area (Å²) < 4.78 is 0. The van der Waals surface area contributed by atoms with Gasteiger partial charge in [0.2, 0.25) is 0 Å². The van der Waals surface area contributed by atoms with Crippen LogP contribution < -0.4 is 5.32 Å². The Labute approximate surface area is 121 Å². The lowest BCUT2D eigenvalue weighted by Crippen LogP contribution is -2.14. The molecule has 0 fully saturated rings. The number of aryl methyl sites for hydroxylation is 2. The molecule has 1 aromatic heterocycles. The zero-order valence-electron chi connectivity index (χ0n) is 11.8. The highest BCUT2D eigenvalue weighted by molar-refractivity contribution is 6.06. The second kappa shape index (κ2) is 6.17. The number of para-hydroxylation sites is 1. The summed E-state index contributed by atoms with van der Waals surface area (Å²) in [5, 5.41) is 20.5. The zero-order valence-corrected chi connectivity index (χ0v) is 11.8. The molecule has 21 heavy (non-hydrogen) atoms. The van der Waals surface area contributed by atoms with Gasteiger partial charge >= 0.3 is 0 Å². The molecule has 1 aromatic carbocycles. The number of carbonyl (C=O) groups excluding carboxylic acids is 1. The first kappa shape index (κ1) is 14.7. The van der Waals surface area contributed by atoms with Gasteiger partial charge in [0.25, 0.3) is 11.6 Å². The van der Waals surface area contributed by atoms with Gasteiger partial charge in [-0.1, -0.05) is 25.5 Å². The number of H-pyrrole nitrogens is 1. The second-order valence-corrected chi connectivity index (χ2v) is 4.71. The molecule has 0 bridgehead atoms. The van der Waals surface area contributed by atoms with Crippen LogP contribution in [0.15, 0.2) is 24.3 Å². The first-order chi connectivity index (χ1) is 10.0. The normalized spacial score (nSPS) is 10.4. The molecular formula is C14H16N4O3. The van der Waals surface area contributed by atoms with Gasteiger partial charge in [-0.2, -0.15) is 5.10 Å². The maximum atomic E-state index is 12.2. The average Bonchev–Trinajstić information content (AvgIpc) is 2.85. The Balaban J connectivity index is 2.24. The Morgan fingerprint density at radius 2 is 2.24 bits per heavy atom. The van der Waals surface area contributed by atoms with Gasteiger partial charge in [0, 0.05) is 17.3 Å². The Kier molecular flexibility index (Phi) is 4.32. The van der Waals surface area contributed by atoms with Gasteiger partial charge in [-0.05, 0) is 19.4 Å². The molecule has 2 aromatic rings. The van der Waals surface area contributed by atoms with E-state index >= 15 is 0 Å². The first-order valence-corrected chi connectivity index (χ1v) is 6.62. The van der Waals surface area contributed by atoms with E-state index in [1.165, 1.54) is 6.07 Å². The van der Waals surface area contributed by atoms with Gasteiger partial charge in [0.1, 0.15) is 5.56 Å². The van der Waals surface area contributed by atoms with Crippen molar-refractivity contribution in [3.8, 4) is 0 Å². The summed E-state index contributed by atoms with van der Waals surface area (Å²) in [4.78, 5) is 22.7. The van der Waals surface area contributed by atoms with E-state index in [9.17, 15) is 14.9 Å². The number of nitrogens with one attached hydrogen (secondary N) is 2. The average molecular weight is 288 g/mol. The van der Waals surface area contributed by atoms with Crippen LogP contribution in [0.3, 0.4) is 0 Å². The predicted molar refractivity (Wildman–Crippen MR) is 78.4 cm³/mol. The van der Waals surface area contributed by atoms with Crippen molar-refractivity contribution in [1.82, 2.24) is 10.2 Å². The molecule has 0 atom stereocenters. The summed E-state index contributed by atoms with van der Waals surface area (Å²) in [5.74, 6) is -0.181. The van der Waals surface area contributed by atoms with Crippen LogP contribution >= 0.6 is 0 Å². The van der Waals surface area contributed by atoms with Crippen molar-refractivity contribution in [2.24, 2.45) is 0 Å². The quantitative estimate of drug-likeness (QED) is 0.652. The van der Waals surface area contributed by atoms with Crippen molar-refractivity contribution in [1.29, 1.82) is 0 Å². The van der Waals surface area contributed by atoms with Crippen molar-refractivity contribution in [2.45, 2.75) is 26.7 Å². The van der Waals surface area contributed by atoms with Gasteiger partial charge in [0.15, 0.2) is 5.82 Å². The summed E-state index contributed by atoms with van der Waals surface area (Å²) in [5.41, 5.74) is 1.20. The number of amides is 1. The number of aromatic amines is 1. The molecular weight excluding hydrogens is 272 g/mol. The number of nitro benzene ring substituents is 1. The molecule has 2 rings (SSSR count). The van der Waals surface area contributed by atoms with E-state index in [1.807, 2.05) is 6.92 Å². The van der Waals surface area contributed by atoms with Crippen LogP contribution in [0.1, 0.15) is 35.0 Å². The van der Waals surface area contributed by atoms with E-state index in [1.54, 1.807) is 25.1 Å². The number of benzene rings is 1. The number of aromatic nitrogens is 2. The number of hydrogen-bond donors (Lipinski definition) is 2. The molecule has 0 saturated carbocycles.